The SMILES string of the molecule is O=C(c1cc(Br)ccc1I)N1CCN(CC(F)(F)F)CC1. The minimum atomic E-state index is -4.19. The topological polar surface area (TPSA) is 23.6 Å². The van der Waals surface area contributed by atoms with Gasteiger partial charge in [0.25, 0.3) is 5.91 Å². The van der Waals surface area contributed by atoms with Gasteiger partial charge in [-0.2, -0.15) is 13.2 Å². The first kappa shape index (κ1) is 17.0. The molecule has 3 nitrogen and oxygen atoms in total. The molecule has 0 N–H and O–H groups in total. The van der Waals surface area contributed by atoms with Crippen LogP contribution in [0.15, 0.2) is 22.7 Å². The summed E-state index contributed by atoms with van der Waals surface area (Å²) in [6.45, 7) is 0.212. The van der Waals surface area contributed by atoms with Crippen molar-refractivity contribution in [1.29, 1.82) is 0 Å². The summed E-state index contributed by atoms with van der Waals surface area (Å²) in [6.07, 6.45) is -4.19. The number of hydrogen-bond donors (Lipinski definition) is 0. The van der Waals surface area contributed by atoms with Crippen LogP contribution in [0.1, 0.15) is 10.4 Å². The Kier molecular flexibility index (Phi) is 5.53. The number of benzene rings is 1. The highest BCUT2D eigenvalue weighted by molar-refractivity contribution is 14.1. The number of nitrogens with zero attached hydrogens (tertiary/aromatic N) is 2. The van der Waals surface area contributed by atoms with Crippen molar-refractivity contribution in [2.45, 2.75) is 6.18 Å². The fraction of sp³-hybridized carbons (Fsp3) is 0.462. The Hall–Kier alpha value is -0.350. The van der Waals surface area contributed by atoms with E-state index in [1.165, 1.54) is 4.90 Å². The van der Waals surface area contributed by atoms with E-state index in [0.717, 1.165) is 8.04 Å². The molecule has 1 aromatic carbocycles. The van der Waals surface area contributed by atoms with E-state index in [9.17, 15) is 18.0 Å². The third-order valence-corrected chi connectivity index (χ3v) is 4.66. The van der Waals surface area contributed by atoms with Crippen LogP contribution in [0.2, 0.25) is 0 Å². The zero-order valence-electron chi connectivity index (χ0n) is 11.0. The molecular formula is C13H13BrF3IN2O. The van der Waals surface area contributed by atoms with Crippen molar-refractivity contribution in [2.75, 3.05) is 32.7 Å². The van der Waals surface area contributed by atoms with Crippen molar-refractivity contribution in [3.05, 3.63) is 31.8 Å². The number of alkyl halides is 3. The van der Waals surface area contributed by atoms with Gasteiger partial charge in [0.1, 0.15) is 0 Å². The molecule has 21 heavy (non-hydrogen) atoms. The molecule has 0 atom stereocenters. The monoisotopic (exact) mass is 476 g/mol. The normalized spacial score (nSPS) is 17.1. The van der Waals surface area contributed by atoms with Crippen LogP contribution in [0.25, 0.3) is 0 Å². The molecule has 0 unspecified atom stereocenters. The zero-order valence-corrected chi connectivity index (χ0v) is 14.7. The molecule has 0 bridgehead atoms. The third kappa shape index (κ3) is 4.82. The van der Waals surface area contributed by atoms with Crippen molar-refractivity contribution in [2.24, 2.45) is 0 Å². The number of amides is 1. The Morgan fingerprint density at radius 1 is 1.24 bits per heavy atom. The molecule has 1 aliphatic heterocycles. The third-order valence-electron chi connectivity index (χ3n) is 3.22. The van der Waals surface area contributed by atoms with E-state index < -0.39 is 12.7 Å². The summed E-state index contributed by atoms with van der Waals surface area (Å²) in [7, 11) is 0. The largest absolute Gasteiger partial charge is 0.401 e. The van der Waals surface area contributed by atoms with E-state index in [1.54, 1.807) is 11.0 Å². The predicted octanol–water partition coefficient (Wildman–Crippen LogP) is 3.37. The van der Waals surface area contributed by atoms with Crippen LogP contribution in [0.3, 0.4) is 0 Å². The fourth-order valence-electron chi connectivity index (χ4n) is 2.19. The van der Waals surface area contributed by atoms with Crippen LogP contribution in [0.4, 0.5) is 13.2 Å². The molecule has 116 valence electrons. The van der Waals surface area contributed by atoms with Crippen molar-refractivity contribution >= 4 is 44.4 Å². The lowest BCUT2D eigenvalue weighted by Crippen LogP contribution is -2.51. The highest BCUT2D eigenvalue weighted by Crippen LogP contribution is 2.22. The summed E-state index contributed by atoms with van der Waals surface area (Å²) >= 11 is 5.41. The Bertz CT molecular complexity index is 531. The molecule has 0 aliphatic carbocycles. The number of hydrogen-bond acceptors (Lipinski definition) is 2. The summed E-state index contributed by atoms with van der Waals surface area (Å²) in [4.78, 5) is 15.4. The van der Waals surface area contributed by atoms with Gasteiger partial charge in [-0.25, -0.2) is 0 Å². The first-order valence-electron chi connectivity index (χ1n) is 6.30. The van der Waals surface area contributed by atoms with Gasteiger partial charge in [-0.15, -0.1) is 0 Å². The quantitative estimate of drug-likeness (QED) is 0.611. The summed E-state index contributed by atoms with van der Waals surface area (Å²) in [6, 6.07) is 5.42. The maximum Gasteiger partial charge on any atom is 0.401 e. The molecule has 0 spiro atoms. The Labute approximate surface area is 142 Å². The molecule has 1 heterocycles. The minimum Gasteiger partial charge on any atom is -0.336 e. The van der Waals surface area contributed by atoms with Crippen LogP contribution >= 0.6 is 38.5 Å². The van der Waals surface area contributed by atoms with Gasteiger partial charge in [0.15, 0.2) is 0 Å². The molecule has 8 heteroatoms. The molecule has 2 rings (SSSR count). The number of piperazine rings is 1. The van der Waals surface area contributed by atoms with Gasteiger partial charge in [-0.1, -0.05) is 15.9 Å². The van der Waals surface area contributed by atoms with Crippen molar-refractivity contribution in [3.8, 4) is 0 Å². The first-order valence-corrected chi connectivity index (χ1v) is 8.17. The Morgan fingerprint density at radius 2 is 1.86 bits per heavy atom. The summed E-state index contributed by atoms with van der Waals surface area (Å²) in [5, 5.41) is 0. The fourth-order valence-corrected chi connectivity index (χ4v) is 3.12. The highest BCUT2D eigenvalue weighted by atomic mass is 127. The summed E-state index contributed by atoms with van der Waals surface area (Å²) < 4.78 is 38.6. The number of carbonyl (C=O) groups is 1. The van der Waals surface area contributed by atoms with E-state index in [4.69, 9.17) is 0 Å². The smallest absolute Gasteiger partial charge is 0.336 e. The number of rotatable bonds is 2. The summed E-state index contributed by atoms with van der Waals surface area (Å²) in [5.41, 5.74) is 0.578. The lowest BCUT2D eigenvalue weighted by atomic mass is 10.2. The van der Waals surface area contributed by atoms with Crippen LogP contribution in [0, 0.1) is 3.57 Å². The number of carbonyl (C=O) groups excluding carboxylic acids is 1. The predicted molar refractivity (Wildman–Crippen MR) is 85.3 cm³/mol. The van der Waals surface area contributed by atoms with Crippen LogP contribution in [-0.4, -0.2) is 54.6 Å². The highest BCUT2D eigenvalue weighted by Gasteiger charge is 2.33. The van der Waals surface area contributed by atoms with Crippen LogP contribution in [-0.2, 0) is 0 Å². The molecule has 1 aromatic rings. The standard InChI is InChI=1S/C13H13BrF3IN2O/c14-9-1-2-11(18)10(7-9)12(21)20-5-3-19(4-6-20)8-13(15,16)17/h1-2,7H,3-6,8H2. The average molecular weight is 477 g/mol. The Morgan fingerprint density at radius 3 is 2.43 bits per heavy atom. The number of halogens is 5. The van der Waals surface area contributed by atoms with Gasteiger partial charge in [-0.05, 0) is 40.8 Å². The summed E-state index contributed by atoms with van der Waals surface area (Å²) in [5.74, 6) is -0.132. The molecule has 1 aliphatic rings. The maximum atomic E-state index is 12.4. The molecular weight excluding hydrogens is 464 g/mol. The van der Waals surface area contributed by atoms with Gasteiger partial charge in [-0.3, -0.25) is 9.69 Å². The van der Waals surface area contributed by atoms with Crippen LogP contribution < -0.4 is 0 Å². The van der Waals surface area contributed by atoms with Crippen LogP contribution in [0.5, 0.6) is 0 Å². The van der Waals surface area contributed by atoms with Crippen molar-refractivity contribution < 1.29 is 18.0 Å². The zero-order chi connectivity index (χ0) is 15.6. The Balaban J connectivity index is 1.99. The van der Waals surface area contributed by atoms with E-state index in [1.807, 2.05) is 12.1 Å². The van der Waals surface area contributed by atoms with Gasteiger partial charge < -0.3 is 4.90 Å². The second kappa shape index (κ2) is 6.82. The lowest BCUT2D eigenvalue weighted by molar-refractivity contribution is -0.148. The van der Waals surface area contributed by atoms with Gasteiger partial charge in [0.2, 0.25) is 0 Å². The average Bonchev–Trinajstić information content (AvgIpc) is 2.40. The molecule has 1 saturated heterocycles. The molecule has 1 amide bonds. The second-order valence-corrected chi connectivity index (χ2v) is 6.89. The lowest BCUT2D eigenvalue weighted by Gasteiger charge is -2.35. The van der Waals surface area contributed by atoms with Crippen molar-refractivity contribution in [1.82, 2.24) is 9.80 Å². The molecule has 1 fully saturated rings. The van der Waals surface area contributed by atoms with Gasteiger partial charge >= 0.3 is 6.18 Å². The molecule has 0 saturated carbocycles. The first-order chi connectivity index (χ1) is 9.76. The minimum absolute atomic E-state index is 0.132. The second-order valence-electron chi connectivity index (χ2n) is 4.81. The maximum absolute atomic E-state index is 12.4. The van der Waals surface area contributed by atoms with E-state index in [2.05, 4.69) is 38.5 Å². The van der Waals surface area contributed by atoms with E-state index in [0.29, 0.717) is 18.7 Å². The van der Waals surface area contributed by atoms with E-state index in [-0.39, 0.29) is 19.0 Å². The molecule has 0 aromatic heterocycles. The molecule has 0 radical (unpaired) electrons. The van der Waals surface area contributed by atoms with Gasteiger partial charge in [0, 0.05) is 34.2 Å². The van der Waals surface area contributed by atoms with Gasteiger partial charge in [0.05, 0.1) is 12.1 Å². The van der Waals surface area contributed by atoms with Crippen molar-refractivity contribution in [3.63, 3.8) is 0 Å². The van der Waals surface area contributed by atoms with E-state index >= 15 is 0 Å².